The maximum atomic E-state index is 5.43. The molecule has 2 heterocycles. The molecule has 0 saturated carbocycles. The molecule has 0 aliphatic carbocycles. The summed E-state index contributed by atoms with van der Waals surface area (Å²) in [5.74, 6) is 0. The van der Waals surface area contributed by atoms with Crippen LogP contribution in [-0.2, 0) is 4.74 Å². The van der Waals surface area contributed by atoms with Crippen LogP contribution in [0.25, 0.3) is 0 Å². The van der Waals surface area contributed by atoms with E-state index in [0.29, 0.717) is 6.04 Å². The lowest BCUT2D eigenvalue weighted by atomic mass is 10.2. The van der Waals surface area contributed by atoms with Crippen molar-refractivity contribution >= 4 is 0 Å². The Bertz CT molecular complexity index is 242. The molecule has 2 saturated heterocycles. The molecule has 0 bridgehead atoms. The molecule has 2 aliphatic heterocycles. The van der Waals surface area contributed by atoms with Crippen LogP contribution in [-0.4, -0.2) is 74.4 Å². The van der Waals surface area contributed by atoms with E-state index in [9.17, 15) is 0 Å². The predicted octanol–water partition coefficient (Wildman–Crippen LogP) is 1.17. The number of likely N-dealkylation sites (tertiary alicyclic amines) is 1. The van der Waals surface area contributed by atoms with Gasteiger partial charge in [-0.05, 0) is 38.9 Å². The van der Waals surface area contributed by atoms with E-state index < -0.39 is 0 Å². The third-order valence-electron chi connectivity index (χ3n) is 4.26. The van der Waals surface area contributed by atoms with Crippen molar-refractivity contribution < 1.29 is 4.74 Å². The third-order valence-corrected chi connectivity index (χ3v) is 4.26. The summed E-state index contributed by atoms with van der Waals surface area (Å²) in [5.41, 5.74) is 0. The summed E-state index contributed by atoms with van der Waals surface area (Å²) in [6.07, 6.45) is 3.98. The lowest BCUT2D eigenvalue weighted by Crippen LogP contribution is -2.44. The van der Waals surface area contributed by atoms with Crippen LogP contribution in [0.5, 0.6) is 0 Å². The first-order valence-corrected chi connectivity index (χ1v) is 8.03. The highest BCUT2D eigenvalue weighted by Crippen LogP contribution is 2.17. The molecule has 0 aromatic rings. The molecule has 2 fully saturated rings. The smallest absolute Gasteiger partial charge is 0.0594 e. The lowest BCUT2D eigenvalue weighted by Gasteiger charge is -2.32. The van der Waals surface area contributed by atoms with E-state index >= 15 is 0 Å². The molecule has 0 amide bonds. The predicted molar refractivity (Wildman–Crippen MR) is 79.6 cm³/mol. The van der Waals surface area contributed by atoms with Gasteiger partial charge in [-0.15, -0.1) is 0 Å². The lowest BCUT2D eigenvalue weighted by molar-refractivity contribution is 0.0185. The molecule has 0 aromatic carbocycles. The maximum Gasteiger partial charge on any atom is 0.0594 e. The van der Waals surface area contributed by atoms with Gasteiger partial charge in [-0.2, -0.15) is 0 Å². The second-order valence-electron chi connectivity index (χ2n) is 6.21. The number of ether oxygens (including phenoxy) is 1. The van der Waals surface area contributed by atoms with Gasteiger partial charge in [0.2, 0.25) is 0 Å². The Balaban J connectivity index is 1.54. The monoisotopic (exact) mass is 269 g/mol. The SMILES string of the molecule is CC(C)NCCCCN1CCC(N2CCOCC2)C1. The zero-order valence-electron chi connectivity index (χ0n) is 12.7. The molecule has 1 atom stereocenters. The molecule has 1 unspecified atom stereocenters. The van der Waals surface area contributed by atoms with Crippen LogP contribution in [0.3, 0.4) is 0 Å². The first-order chi connectivity index (χ1) is 9.25. The first kappa shape index (κ1) is 15.2. The van der Waals surface area contributed by atoms with Crippen molar-refractivity contribution in [1.82, 2.24) is 15.1 Å². The Morgan fingerprint density at radius 1 is 1.16 bits per heavy atom. The highest BCUT2D eigenvalue weighted by molar-refractivity contribution is 4.84. The number of hydrogen-bond donors (Lipinski definition) is 1. The highest BCUT2D eigenvalue weighted by Gasteiger charge is 2.28. The number of morpholine rings is 1. The fourth-order valence-electron chi connectivity index (χ4n) is 3.11. The molecule has 0 radical (unpaired) electrons. The van der Waals surface area contributed by atoms with Crippen molar-refractivity contribution in [2.45, 2.75) is 45.2 Å². The molecule has 0 aromatic heterocycles. The number of nitrogens with one attached hydrogen (secondary N) is 1. The largest absolute Gasteiger partial charge is 0.379 e. The summed E-state index contributed by atoms with van der Waals surface area (Å²) in [4.78, 5) is 5.28. The second-order valence-corrected chi connectivity index (χ2v) is 6.21. The summed E-state index contributed by atoms with van der Waals surface area (Å²) >= 11 is 0. The molecular weight excluding hydrogens is 238 g/mol. The number of unbranched alkanes of at least 4 members (excludes halogenated alkanes) is 1. The standard InChI is InChI=1S/C15H31N3O/c1-14(2)16-6-3-4-7-17-8-5-15(13-17)18-9-11-19-12-10-18/h14-16H,3-13H2,1-2H3. The van der Waals surface area contributed by atoms with Gasteiger partial charge in [-0.1, -0.05) is 13.8 Å². The third kappa shape index (κ3) is 5.38. The molecule has 1 N–H and O–H groups in total. The summed E-state index contributed by atoms with van der Waals surface area (Å²) in [6, 6.07) is 1.41. The zero-order valence-corrected chi connectivity index (χ0v) is 12.7. The summed E-state index contributed by atoms with van der Waals surface area (Å²) < 4.78 is 5.43. The minimum absolute atomic E-state index is 0.623. The van der Waals surface area contributed by atoms with E-state index in [1.807, 2.05) is 0 Å². The molecule has 19 heavy (non-hydrogen) atoms. The first-order valence-electron chi connectivity index (χ1n) is 8.03. The van der Waals surface area contributed by atoms with Gasteiger partial charge in [0.15, 0.2) is 0 Å². The van der Waals surface area contributed by atoms with E-state index in [1.165, 1.54) is 45.4 Å². The second kappa shape index (κ2) is 8.20. The fourth-order valence-corrected chi connectivity index (χ4v) is 3.11. The number of rotatable bonds is 7. The Hall–Kier alpha value is -0.160. The zero-order chi connectivity index (χ0) is 13.5. The molecule has 0 spiro atoms. The van der Waals surface area contributed by atoms with Gasteiger partial charge in [-0.25, -0.2) is 0 Å². The maximum absolute atomic E-state index is 5.43. The van der Waals surface area contributed by atoms with Gasteiger partial charge in [-0.3, -0.25) is 4.90 Å². The van der Waals surface area contributed by atoms with Crippen molar-refractivity contribution in [3.05, 3.63) is 0 Å². The summed E-state index contributed by atoms with van der Waals surface area (Å²) in [7, 11) is 0. The molecule has 2 aliphatic rings. The van der Waals surface area contributed by atoms with Crippen LogP contribution >= 0.6 is 0 Å². The van der Waals surface area contributed by atoms with Gasteiger partial charge in [0, 0.05) is 31.7 Å². The van der Waals surface area contributed by atoms with E-state index in [0.717, 1.165) is 32.3 Å². The molecular formula is C15H31N3O. The number of hydrogen-bond acceptors (Lipinski definition) is 4. The van der Waals surface area contributed by atoms with E-state index in [1.54, 1.807) is 0 Å². The fraction of sp³-hybridized carbons (Fsp3) is 1.00. The van der Waals surface area contributed by atoms with Gasteiger partial charge in [0.25, 0.3) is 0 Å². The number of nitrogens with zero attached hydrogens (tertiary/aromatic N) is 2. The molecule has 4 nitrogen and oxygen atoms in total. The van der Waals surface area contributed by atoms with Crippen molar-refractivity contribution in [3.63, 3.8) is 0 Å². The van der Waals surface area contributed by atoms with E-state index in [2.05, 4.69) is 29.0 Å². The van der Waals surface area contributed by atoms with Gasteiger partial charge in [0.05, 0.1) is 13.2 Å². The van der Waals surface area contributed by atoms with Crippen LogP contribution in [0.2, 0.25) is 0 Å². The minimum Gasteiger partial charge on any atom is -0.379 e. The van der Waals surface area contributed by atoms with Gasteiger partial charge >= 0.3 is 0 Å². The Morgan fingerprint density at radius 2 is 1.95 bits per heavy atom. The Morgan fingerprint density at radius 3 is 2.68 bits per heavy atom. The average molecular weight is 269 g/mol. The van der Waals surface area contributed by atoms with Crippen LogP contribution in [0.4, 0.5) is 0 Å². The summed E-state index contributed by atoms with van der Waals surface area (Å²) in [6.45, 7) is 13.6. The average Bonchev–Trinajstić information content (AvgIpc) is 2.88. The van der Waals surface area contributed by atoms with E-state index in [-0.39, 0.29) is 0 Å². The van der Waals surface area contributed by atoms with Crippen molar-refractivity contribution in [3.8, 4) is 0 Å². The van der Waals surface area contributed by atoms with Crippen molar-refractivity contribution in [2.75, 3.05) is 52.5 Å². The topological polar surface area (TPSA) is 27.7 Å². The van der Waals surface area contributed by atoms with Crippen LogP contribution in [0.1, 0.15) is 33.1 Å². The Labute approximate surface area is 118 Å². The minimum atomic E-state index is 0.623. The van der Waals surface area contributed by atoms with Crippen LogP contribution in [0.15, 0.2) is 0 Å². The van der Waals surface area contributed by atoms with Gasteiger partial charge < -0.3 is 15.0 Å². The van der Waals surface area contributed by atoms with Crippen LogP contribution < -0.4 is 5.32 Å². The summed E-state index contributed by atoms with van der Waals surface area (Å²) in [5, 5.41) is 3.49. The Kier molecular flexibility index (Phi) is 6.57. The molecule has 112 valence electrons. The van der Waals surface area contributed by atoms with E-state index in [4.69, 9.17) is 4.74 Å². The van der Waals surface area contributed by atoms with Crippen molar-refractivity contribution in [1.29, 1.82) is 0 Å². The van der Waals surface area contributed by atoms with Gasteiger partial charge in [0.1, 0.15) is 0 Å². The van der Waals surface area contributed by atoms with Crippen molar-refractivity contribution in [2.24, 2.45) is 0 Å². The normalized spacial score (nSPS) is 26.4. The molecule has 4 heteroatoms. The quantitative estimate of drug-likeness (QED) is 0.702. The highest BCUT2D eigenvalue weighted by atomic mass is 16.5. The molecule has 2 rings (SSSR count). The van der Waals surface area contributed by atoms with Crippen LogP contribution in [0, 0.1) is 0 Å².